The Morgan fingerprint density at radius 2 is 1.84 bits per heavy atom. The Morgan fingerprint density at radius 1 is 1.10 bits per heavy atom. The maximum Gasteiger partial charge on any atom is 0.216 e. The topological polar surface area (TPSA) is 88.8 Å². The largest absolute Gasteiger partial charge is 0.346 e. The van der Waals surface area contributed by atoms with E-state index in [0.717, 1.165) is 28.6 Å². The fourth-order valence-electron chi connectivity index (χ4n) is 3.84. The van der Waals surface area contributed by atoms with Crippen LogP contribution < -0.4 is 5.14 Å². The molecule has 2 heterocycles. The van der Waals surface area contributed by atoms with Gasteiger partial charge < -0.3 is 4.98 Å². The summed E-state index contributed by atoms with van der Waals surface area (Å²) in [5.74, 6) is -1.63. The van der Waals surface area contributed by atoms with E-state index in [2.05, 4.69) is 9.97 Å². The van der Waals surface area contributed by atoms with E-state index in [9.17, 15) is 12.8 Å². The van der Waals surface area contributed by atoms with E-state index in [-0.39, 0.29) is 24.0 Å². The Morgan fingerprint density at radius 3 is 2.52 bits per heavy atom. The lowest BCUT2D eigenvalue weighted by Crippen LogP contribution is -2.22. The number of halogens is 2. The van der Waals surface area contributed by atoms with Crippen molar-refractivity contribution in [1.29, 1.82) is 0 Å². The van der Waals surface area contributed by atoms with Gasteiger partial charge in [0, 0.05) is 40.9 Å². The quantitative estimate of drug-likeness (QED) is 0.449. The molecule has 5 nitrogen and oxygen atoms in total. The smallest absolute Gasteiger partial charge is 0.216 e. The van der Waals surface area contributed by atoms with Gasteiger partial charge in [0.2, 0.25) is 10.0 Å². The molecule has 0 spiro atoms. The number of aromatic nitrogens is 2. The Hall–Kier alpha value is -3.10. The van der Waals surface area contributed by atoms with Gasteiger partial charge in [0.25, 0.3) is 0 Å². The first-order valence-electron chi connectivity index (χ1n) is 9.79. The van der Waals surface area contributed by atoms with Gasteiger partial charge in [-0.15, -0.1) is 0 Å². The van der Waals surface area contributed by atoms with Gasteiger partial charge in [0.05, 0.1) is 0 Å². The van der Waals surface area contributed by atoms with Crippen LogP contribution in [0.4, 0.5) is 8.78 Å². The standard InChI is InChI=1S/C23H21F2N3O2S/c1-2-21(31(26,29)30)17-8-9-20(24)19(22(17)25)11-16-13-28-23-18(16)10-15(12-27-23)14-6-4-3-5-7-14/h3-10,12-13,21H,2,11H2,1H3,(H,27,28)(H2,26,29,30). The number of aromatic amines is 1. The van der Waals surface area contributed by atoms with Gasteiger partial charge >= 0.3 is 0 Å². The maximum atomic E-state index is 15.3. The molecule has 31 heavy (non-hydrogen) atoms. The van der Waals surface area contributed by atoms with Crippen molar-refractivity contribution in [3.63, 3.8) is 0 Å². The summed E-state index contributed by atoms with van der Waals surface area (Å²) >= 11 is 0. The zero-order valence-corrected chi connectivity index (χ0v) is 17.6. The number of sulfonamides is 1. The number of hydrogen-bond donors (Lipinski definition) is 2. The van der Waals surface area contributed by atoms with E-state index < -0.39 is 26.9 Å². The molecule has 4 aromatic rings. The average molecular weight is 442 g/mol. The van der Waals surface area contributed by atoms with Gasteiger partial charge in [-0.3, -0.25) is 0 Å². The second-order valence-corrected chi connectivity index (χ2v) is 9.14. The van der Waals surface area contributed by atoms with Crippen molar-refractivity contribution in [2.75, 3.05) is 0 Å². The highest BCUT2D eigenvalue weighted by Crippen LogP contribution is 2.32. The van der Waals surface area contributed by atoms with Gasteiger partial charge in [0.1, 0.15) is 22.5 Å². The van der Waals surface area contributed by atoms with Crippen molar-refractivity contribution in [3.05, 3.63) is 89.2 Å². The van der Waals surface area contributed by atoms with Crippen LogP contribution in [0.15, 0.2) is 60.9 Å². The first kappa shape index (κ1) is 21.1. The minimum atomic E-state index is -4.03. The number of rotatable bonds is 6. The molecule has 3 N–H and O–H groups in total. The lowest BCUT2D eigenvalue weighted by molar-refractivity contribution is 0.538. The number of nitrogens with two attached hydrogens (primary N) is 1. The van der Waals surface area contributed by atoms with Crippen molar-refractivity contribution in [3.8, 4) is 11.1 Å². The number of hydrogen-bond acceptors (Lipinski definition) is 3. The molecule has 2 aromatic carbocycles. The van der Waals surface area contributed by atoms with Crippen LogP contribution in [0.25, 0.3) is 22.2 Å². The van der Waals surface area contributed by atoms with Gasteiger partial charge in [-0.1, -0.05) is 43.3 Å². The van der Waals surface area contributed by atoms with Crippen molar-refractivity contribution in [2.45, 2.75) is 25.0 Å². The molecule has 2 aromatic heterocycles. The summed E-state index contributed by atoms with van der Waals surface area (Å²) in [5, 5.41) is 4.77. The Bertz CT molecular complexity index is 1350. The van der Waals surface area contributed by atoms with Crippen molar-refractivity contribution in [2.24, 2.45) is 5.14 Å². The first-order valence-corrected chi connectivity index (χ1v) is 11.4. The van der Waals surface area contributed by atoms with Gasteiger partial charge in [-0.2, -0.15) is 0 Å². The third-order valence-electron chi connectivity index (χ3n) is 5.42. The van der Waals surface area contributed by atoms with E-state index in [4.69, 9.17) is 5.14 Å². The Kier molecular flexibility index (Phi) is 5.60. The third-order valence-corrected chi connectivity index (χ3v) is 6.80. The Balaban J connectivity index is 1.78. The normalized spacial score (nSPS) is 12.9. The zero-order chi connectivity index (χ0) is 22.2. The molecule has 0 radical (unpaired) electrons. The molecule has 0 aliphatic rings. The zero-order valence-electron chi connectivity index (χ0n) is 16.8. The maximum absolute atomic E-state index is 15.3. The number of nitrogens with zero attached hydrogens (tertiary/aromatic N) is 1. The number of benzene rings is 2. The number of pyridine rings is 1. The molecular weight excluding hydrogens is 420 g/mol. The van der Waals surface area contributed by atoms with Gasteiger partial charge in [0.15, 0.2) is 0 Å². The molecule has 0 saturated carbocycles. The van der Waals surface area contributed by atoms with Crippen LogP contribution in [0.2, 0.25) is 0 Å². The summed E-state index contributed by atoms with van der Waals surface area (Å²) in [5.41, 5.74) is 2.78. The van der Waals surface area contributed by atoms with E-state index in [1.165, 1.54) is 0 Å². The summed E-state index contributed by atoms with van der Waals surface area (Å²) in [6, 6.07) is 13.8. The minimum Gasteiger partial charge on any atom is -0.346 e. The molecule has 8 heteroatoms. The molecular formula is C23H21F2N3O2S. The van der Waals surface area contributed by atoms with Crippen LogP contribution in [-0.4, -0.2) is 18.4 Å². The van der Waals surface area contributed by atoms with Crippen LogP contribution in [0, 0.1) is 11.6 Å². The van der Waals surface area contributed by atoms with E-state index in [1.807, 2.05) is 36.4 Å². The molecule has 1 unspecified atom stereocenters. The van der Waals surface area contributed by atoms with Crippen molar-refractivity contribution in [1.82, 2.24) is 9.97 Å². The van der Waals surface area contributed by atoms with E-state index in [0.29, 0.717) is 11.2 Å². The summed E-state index contributed by atoms with van der Waals surface area (Å²) in [7, 11) is -4.03. The van der Waals surface area contributed by atoms with Crippen LogP contribution in [0.1, 0.15) is 35.3 Å². The van der Waals surface area contributed by atoms with E-state index >= 15 is 4.39 Å². The van der Waals surface area contributed by atoms with Gasteiger partial charge in [-0.25, -0.2) is 27.3 Å². The number of nitrogens with one attached hydrogen (secondary N) is 1. The highest BCUT2D eigenvalue weighted by atomic mass is 32.2. The van der Waals surface area contributed by atoms with Crippen LogP contribution >= 0.6 is 0 Å². The van der Waals surface area contributed by atoms with Crippen LogP contribution in [0.3, 0.4) is 0 Å². The molecule has 0 fully saturated rings. The molecule has 0 aliphatic carbocycles. The molecule has 160 valence electrons. The number of primary sulfonamides is 1. The predicted octanol–water partition coefficient (Wildman–Crippen LogP) is 4.84. The molecule has 0 saturated heterocycles. The van der Waals surface area contributed by atoms with E-state index in [1.54, 1.807) is 19.3 Å². The Labute approximate surface area is 179 Å². The predicted molar refractivity (Wildman–Crippen MR) is 117 cm³/mol. The SMILES string of the molecule is CCC(c1ccc(F)c(Cc2c[nH]c3ncc(-c4ccccc4)cc23)c1F)S(N)(=O)=O. The summed E-state index contributed by atoms with van der Waals surface area (Å²) in [6.07, 6.45) is 3.41. The highest BCUT2D eigenvalue weighted by molar-refractivity contribution is 7.89. The summed E-state index contributed by atoms with van der Waals surface area (Å²) < 4.78 is 53.6. The number of H-pyrrole nitrogens is 1. The first-order chi connectivity index (χ1) is 14.8. The fourth-order valence-corrected chi connectivity index (χ4v) is 4.84. The lowest BCUT2D eigenvalue weighted by Gasteiger charge is -2.16. The molecule has 0 amide bonds. The average Bonchev–Trinajstić information content (AvgIpc) is 3.15. The highest BCUT2D eigenvalue weighted by Gasteiger charge is 2.27. The monoisotopic (exact) mass is 441 g/mol. The third kappa shape index (κ3) is 4.08. The van der Waals surface area contributed by atoms with Crippen LogP contribution in [0.5, 0.6) is 0 Å². The fraction of sp³-hybridized carbons (Fsp3) is 0.174. The second-order valence-electron chi connectivity index (χ2n) is 7.39. The molecule has 4 rings (SSSR count). The minimum absolute atomic E-state index is 0.0630. The molecule has 0 aliphatic heterocycles. The second kappa shape index (κ2) is 8.20. The van der Waals surface area contributed by atoms with Gasteiger partial charge in [-0.05, 0) is 29.7 Å². The van der Waals surface area contributed by atoms with Crippen LogP contribution in [-0.2, 0) is 16.4 Å². The summed E-state index contributed by atoms with van der Waals surface area (Å²) in [4.78, 5) is 7.44. The molecule has 0 bridgehead atoms. The molecule has 1 atom stereocenters. The summed E-state index contributed by atoms with van der Waals surface area (Å²) in [6.45, 7) is 1.59. The van der Waals surface area contributed by atoms with Crippen molar-refractivity contribution < 1.29 is 17.2 Å². The van der Waals surface area contributed by atoms with Crippen molar-refractivity contribution >= 4 is 21.1 Å². The lowest BCUT2D eigenvalue weighted by atomic mass is 9.98. The number of fused-ring (bicyclic) bond motifs is 1.